The molecule has 67 heavy (non-hydrogen) atoms. The molecule has 6 heterocycles. The van der Waals surface area contributed by atoms with Gasteiger partial charge in [0.05, 0.1) is 26.6 Å². The molecule has 2 saturated heterocycles. The number of nitrogens with zero attached hydrogens (tertiary/aromatic N) is 6. The Morgan fingerprint density at radius 2 is 1.43 bits per heavy atom. The second-order valence-corrected chi connectivity index (χ2v) is 20.2. The summed E-state index contributed by atoms with van der Waals surface area (Å²) in [4.78, 5) is 72.7. The fourth-order valence-corrected chi connectivity index (χ4v) is 11.7. The van der Waals surface area contributed by atoms with Crippen molar-refractivity contribution in [3.05, 3.63) is 92.0 Å². The van der Waals surface area contributed by atoms with Crippen molar-refractivity contribution in [3.63, 3.8) is 0 Å². The van der Waals surface area contributed by atoms with Crippen LogP contribution in [0.2, 0.25) is 0 Å². The number of aliphatic hydroxyl groups is 4. The molecule has 0 saturated carbocycles. The third kappa shape index (κ3) is 8.95. The molecule has 3 unspecified atom stereocenters. The first kappa shape index (κ1) is 46.7. The number of nitrogen functional groups attached to an aromatic ring is 2. The molecule has 11 atom stereocenters. The van der Waals surface area contributed by atoms with E-state index in [0.717, 1.165) is 39.6 Å². The minimum Gasteiger partial charge on any atom is -0.387 e. The quantitative estimate of drug-likeness (QED) is 0.0469. The molecule has 2 aromatic carbocycles. The van der Waals surface area contributed by atoms with Gasteiger partial charge >= 0.3 is 29.1 Å². The molecule has 3 aliphatic rings. The number of hydrogen-bond acceptors (Lipinski definition) is 20. The van der Waals surface area contributed by atoms with Crippen LogP contribution < -0.4 is 27.2 Å². The van der Waals surface area contributed by atoms with Gasteiger partial charge in [0.2, 0.25) is 23.5 Å². The summed E-state index contributed by atoms with van der Waals surface area (Å²) in [6.07, 6.45) is -8.63. The van der Waals surface area contributed by atoms with E-state index in [-0.39, 0.29) is 40.0 Å². The van der Waals surface area contributed by atoms with Gasteiger partial charge in [-0.3, -0.25) is 37.7 Å². The van der Waals surface area contributed by atoms with E-state index in [4.69, 9.17) is 25.5 Å². The predicted octanol–water partition coefficient (Wildman–Crippen LogP) is -0.806. The van der Waals surface area contributed by atoms with Crippen molar-refractivity contribution in [2.75, 3.05) is 24.7 Å². The highest BCUT2D eigenvalue weighted by molar-refractivity contribution is 7.66. The summed E-state index contributed by atoms with van der Waals surface area (Å²) in [6, 6.07) is 13.9. The smallest absolute Gasteiger partial charge is 0.387 e. The fraction of sp³-hybridized carbons (Fsp3) is 0.333. The molecular weight excluding hydrogens is 953 g/mol. The van der Waals surface area contributed by atoms with Crippen LogP contribution in [-0.4, -0.2) is 119 Å². The maximum absolute atomic E-state index is 13.1. The Hall–Kier alpha value is -5.35. The highest BCUT2D eigenvalue weighted by atomic mass is 31.3. The van der Waals surface area contributed by atoms with E-state index < -0.39 is 96.9 Å². The van der Waals surface area contributed by atoms with E-state index in [1.807, 2.05) is 36.4 Å². The van der Waals surface area contributed by atoms with Gasteiger partial charge < -0.3 is 56.0 Å². The van der Waals surface area contributed by atoms with E-state index in [9.17, 15) is 58.4 Å². The van der Waals surface area contributed by atoms with Crippen LogP contribution in [0.3, 0.4) is 0 Å². The van der Waals surface area contributed by atoms with Crippen LogP contribution in [0.5, 0.6) is 0 Å². The monoisotopic (exact) mass is 993 g/mol. The highest BCUT2D eigenvalue weighted by Crippen LogP contribution is 2.68. The van der Waals surface area contributed by atoms with Gasteiger partial charge in [-0.25, -0.2) is 18.7 Å². The minimum absolute atomic E-state index is 0.0142. The Morgan fingerprint density at radius 1 is 0.806 bits per heavy atom. The number of nitrogens with one attached hydrogen (secondary N) is 2. The van der Waals surface area contributed by atoms with Crippen molar-refractivity contribution in [1.29, 1.82) is 0 Å². The number of fused-ring (bicyclic) bond motifs is 5. The molecular formula is C36H40N10O18P3+. The van der Waals surface area contributed by atoms with Crippen molar-refractivity contribution in [2.45, 2.75) is 55.5 Å². The van der Waals surface area contributed by atoms with Crippen molar-refractivity contribution in [3.8, 4) is 11.1 Å². The Morgan fingerprint density at radius 3 is 2.15 bits per heavy atom. The Labute approximate surface area is 374 Å². The first-order valence-electron chi connectivity index (χ1n) is 19.7. The molecule has 6 aromatic rings. The molecule has 0 amide bonds. The molecule has 0 spiro atoms. The zero-order chi connectivity index (χ0) is 47.9. The van der Waals surface area contributed by atoms with Crippen LogP contribution in [0.15, 0.2) is 58.4 Å². The van der Waals surface area contributed by atoms with E-state index in [1.165, 1.54) is 21.7 Å². The lowest BCUT2D eigenvalue weighted by molar-refractivity contribution is -0.747. The van der Waals surface area contributed by atoms with Gasteiger partial charge in [0, 0.05) is 6.08 Å². The maximum atomic E-state index is 13.1. The largest absolute Gasteiger partial charge is 0.490 e. The van der Waals surface area contributed by atoms with Gasteiger partial charge in [-0.2, -0.15) is 18.2 Å². The normalized spacial score (nSPS) is 26.5. The molecule has 356 valence electrons. The number of nitrogens with two attached hydrogens (primary N) is 2. The lowest BCUT2D eigenvalue weighted by Gasteiger charge is -2.21. The minimum atomic E-state index is -6.07. The van der Waals surface area contributed by atoms with Crippen LogP contribution in [-0.2, 0) is 54.3 Å². The van der Waals surface area contributed by atoms with Crippen LogP contribution >= 0.6 is 23.5 Å². The summed E-state index contributed by atoms with van der Waals surface area (Å²) in [6.45, 7) is -2.23. The number of aromatic amines is 2. The molecule has 4 aromatic heterocycles. The number of hydrogen-bond donors (Lipinski definition) is 11. The number of phosphoric acid groups is 3. The molecule has 13 N–H and O–H groups in total. The van der Waals surface area contributed by atoms with Crippen LogP contribution in [0.4, 0.5) is 11.9 Å². The number of aromatic nitrogens is 8. The number of benzene rings is 2. The summed E-state index contributed by atoms with van der Waals surface area (Å²) < 4.78 is 71.2. The molecule has 2 fully saturated rings. The van der Waals surface area contributed by atoms with E-state index in [2.05, 4.69) is 44.1 Å². The third-order valence-electron chi connectivity index (χ3n) is 11.2. The fourth-order valence-electron chi connectivity index (χ4n) is 8.17. The van der Waals surface area contributed by atoms with Crippen molar-refractivity contribution >= 4 is 69.8 Å². The third-order valence-corrected chi connectivity index (χ3v) is 15.4. The van der Waals surface area contributed by atoms with Crippen LogP contribution in [0, 0.1) is 0 Å². The average Bonchev–Trinajstić information content (AvgIpc) is 4.03. The molecule has 2 aliphatic heterocycles. The van der Waals surface area contributed by atoms with Gasteiger partial charge in [0.1, 0.15) is 36.6 Å². The Balaban J connectivity index is 0.856. The summed E-state index contributed by atoms with van der Waals surface area (Å²) in [5, 5.41) is 43.5. The number of imidazole rings is 2. The number of H-pyrrole nitrogens is 2. The number of aryl methyl sites for hydroxylation is 1. The SMILES string of the molecule is Cn1c(/C=C\c2ccc3c(c2)Cc2ccccc2-3)[n+]([C@@H]2O[C@H](COP(=O)(O)OP(=O)(O)OP(=O)(O)OC[C@H]3O[C@@H](n4cnc5c(=O)[nH]c(N)nc54)[C@H](O)[C@@H]3O)[C@@H](O)[C@H]2O)c2nc(N)[nH]c(=O)c21. The second kappa shape index (κ2) is 17.3. The zero-order valence-corrected chi connectivity index (χ0v) is 37.0. The summed E-state index contributed by atoms with van der Waals surface area (Å²) >= 11 is 0. The Bertz CT molecular complexity index is 3250. The zero-order valence-electron chi connectivity index (χ0n) is 34.3. The molecule has 31 heteroatoms. The summed E-state index contributed by atoms with van der Waals surface area (Å²) in [5.41, 5.74) is 14.9. The van der Waals surface area contributed by atoms with Gasteiger partial charge in [0.15, 0.2) is 17.4 Å². The van der Waals surface area contributed by atoms with Gasteiger partial charge in [-0.15, -0.1) is 0 Å². The lowest BCUT2D eigenvalue weighted by Crippen LogP contribution is -2.48. The van der Waals surface area contributed by atoms with Gasteiger partial charge in [0.25, 0.3) is 17.1 Å². The van der Waals surface area contributed by atoms with Crippen LogP contribution in [0.25, 0.3) is 45.6 Å². The highest BCUT2D eigenvalue weighted by Gasteiger charge is 2.51. The van der Waals surface area contributed by atoms with E-state index >= 15 is 0 Å². The number of phosphoric ester groups is 2. The van der Waals surface area contributed by atoms with E-state index in [0.29, 0.717) is 0 Å². The van der Waals surface area contributed by atoms with Gasteiger partial charge in [-0.1, -0.05) is 47.4 Å². The predicted molar refractivity (Wildman–Crippen MR) is 228 cm³/mol. The van der Waals surface area contributed by atoms with Crippen molar-refractivity contribution < 1.29 is 80.5 Å². The van der Waals surface area contributed by atoms with E-state index in [1.54, 1.807) is 12.2 Å². The molecule has 1 aliphatic carbocycles. The molecule has 28 nitrogen and oxygen atoms in total. The molecule has 9 rings (SSSR count). The van der Waals surface area contributed by atoms with Crippen LogP contribution in [0.1, 0.15) is 35.0 Å². The average molecular weight is 994 g/mol. The number of ether oxygens (including phenoxy) is 2. The van der Waals surface area contributed by atoms with Gasteiger partial charge in [-0.05, 0) is 40.3 Å². The first-order chi connectivity index (χ1) is 31.6. The second-order valence-electron chi connectivity index (χ2n) is 15.5. The van der Waals surface area contributed by atoms with Crippen molar-refractivity contribution in [2.24, 2.45) is 7.05 Å². The number of rotatable bonds is 14. The maximum Gasteiger partial charge on any atom is 0.490 e. The molecule has 0 radical (unpaired) electrons. The van der Waals surface area contributed by atoms with Crippen molar-refractivity contribution in [1.82, 2.24) is 34.1 Å². The first-order valence-corrected chi connectivity index (χ1v) is 24.2. The molecule has 0 bridgehead atoms. The standard InChI is InChI=1S/C36H39N10O18P3/c1-44-22(9-7-15-6-8-19-17(10-15)11-16-4-2-3-5-18(16)19)46(30-24(44)32(52)43-36(38)41-30)34-28(50)26(48)21(62-34)13-60-66(55,56)64-67(57,58)63-65(53,54)59-12-20-25(47)27(49)33(61-20)45-14-39-23-29(45)40-35(37)42-31(23)51/h2-10,14,20-21,25-28,33-34,47-50H,11-13H2,1H3,(H8-,37,38,40,41,42,43,51,52,53,54,55,56,57,58)/p+1/b9-7-/t20-,21-,25-,26-,27-,28-,33-,34-/m1/s1. The Kier molecular flexibility index (Phi) is 12.1. The lowest BCUT2D eigenvalue weighted by atomic mass is 10.0. The summed E-state index contributed by atoms with van der Waals surface area (Å²) in [5.74, 6) is -0.402. The topological polar surface area (TPSA) is 418 Å². The number of aliphatic hydroxyl groups excluding tert-OH is 4. The number of anilines is 2. The summed E-state index contributed by atoms with van der Waals surface area (Å²) in [7, 11) is -16.1.